The number of oxazole rings is 1. The summed E-state index contributed by atoms with van der Waals surface area (Å²) in [7, 11) is 0. The van der Waals surface area contributed by atoms with E-state index < -0.39 is 0 Å². The van der Waals surface area contributed by atoms with Crippen molar-refractivity contribution in [2.75, 3.05) is 13.1 Å². The molecule has 2 heterocycles. The van der Waals surface area contributed by atoms with Gasteiger partial charge in [-0.05, 0) is 32.9 Å². The predicted octanol–water partition coefficient (Wildman–Crippen LogP) is 2.11. The summed E-state index contributed by atoms with van der Waals surface area (Å²) in [5.41, 5.74) is 6.76. The molecule has 0 aliphatic carbocycles. The lowest BCUT2D eigenvalue weighted by Crippen LogP contribution is -2.33. The van der Waals surface area contributed by atoms with E-state index in [-0.39, 0.29) is 6.04 Å². The molecule has 0 saturated carbocycles. The summed E-state index contributed by atoms with van der Waals surface area (Å²) in [6.45, 7) is 6.42. The second kappa shape index (κ2) is 5.65. The second-order valence-corrected chi connectivity index (χ2v) is 5.00. The van der Waals surface area contributed by atoms with Crippen LogP contribution in [0.15, 0.2) is 10.7 Å². The Morgan fingerprint density at radius 2 is 2.41 bits per heavy atom. The van der Waals surface area contributed by atoms with Gasteiger partial charge >= 0.3 is 0 Å². The van der Waals surface area contributed by atoms with E-state index in [1.54, 1.807) is 6.26 Å². The SMILES string of the molecule is CCN1CCCCC1c1nc(CC(C)N)co1. The van der Waals surface area contributed by atoms with Crippen LogP contribution in [0.1, 0.15) is 50.7 Å². The maximum atomic E-state index is 5.77. The Bertz CT molecular complexity index is 348. The minimum Gasteiger partial charge on any atom is -0.447 e. The van der Waals surface area contributed by atoms with Crippen LogP contribution in [-0.2, 0) is 6.42 Å². The van der Waals surface area contributed by atoms with Crippen molar-refractivity contribution in [1.29, 1.82) is 0 Å². The average molecular weight is 237 g/mol. The highest BCUT2D eigenvalue weighted by molar-refractivity contribution is 5.03. The van der Waals surface area contributed by atoms with E-state index >= 15 is 0 Å². The van der Waals surface area contributed by atoms with Gasteiger partial charge in [0, 0.05) is 12.5 Å². The van der Waals surface area contributed by atoms with Crippen molar-refractivity contribution in [3.05, 3.63) is 17.8 Å². The topological polar surface area (TPSA) is 55.3 Å². The van der Waals surface area contributed by atoms with Crippen molar-refractivity contribution in [1.82, 2.24) is 9.88 Å². The third kappa shape index (κ3) is 3.07. The zero-order valence-corrected chi connectivity index (χ0v) is 10.9. The van der Waals surface area contributed by atoms with Crippen LogP contribution in [0.25, 0.3) is 0 Å². The molecule has 0 amide bonds. The minimum absolute atomic E-state index is 0.140. The molecule has 1 saturated heterocycles. The summed E-state index contributed by atoms with van der Waals surface area (Å²) in [4.78, 5) is 7.03. The van der Waals surface area contributed by atoms with Gasteiger partial charge in [0.05, 0.1) is 11.7 Å². The van der Waals surface area contributed by atoms with Gasteiger partial charge in [-0.2, -0.15) is 0 Å². The first-order valence-corrected chi connectivity index (χ1v) is 6.64. The third-order valence-corrected chi connectivity index (χ3v) is 3.41. The first kappa shape index (κ1) is 12.6. The van der Waals surface area contributed by atoms with Gasteiger partial charge in [0.25, 0.3) is 0 Å². The number of rotatable bonds is 4. The average Bonchev–Trinajstić information content (AvgIpc) is 2.76. The van der Waals surface area contributed by atoms with Crippen molar-refractivity contribution in [2.24, 2.45) is 5.73 Å². The molecular weight excluding hydrogens is 214 g/mol. The number of hydrogen-bond acceptors (Lipinski definition) is 4. The van der Waals surface area contributed by atoms with Crippen molar-refractivity contribution in [3.8, 4) is 0 Å². The molecule has 0 spiro atoms. The standard InChI is InChI=1S/C13H23N3O/c1-3-16-7-5-4-6-12(16)13-15-11(9-17-13)8-10(2)14/h9-10,12H,3-8,14H2,1-2H3. The highest BCUT2D eigenvalue weighted by Gasteiger charge is 2.26. The van der Waals surface area contributed by atoms with Gasteiger partial charge in [0.15, 0.2) is 0 Å². The van der Waals surface area contributed by atoms with E-state index in [2.05, 4.69) is 16.8 Å². The summed E-state index contributed by atoms with van der Waals surface area (Å²) in [6.07, 6.45) is 6.28. The lowest BCUT2D eigenvalue weighted by molar-refractivity contribution is 0.133. The Morgan fingerprint density at radius 3 is 3.12 bits per heavy atom. The van der Waals surface area contributed by atoms with Crippen LogP contribution < -0.4 is 5.73 Å². The summed E-state index contributed by atoms with van der Waals surface area (Å²) in [5.74, 6) is 0.877. The lowest BCUT2D eigenvalue weighted by Gasteiger charge is -2.32. The first-order valence-electron chi connectivity index (χ1n) is 6.64. The highest BCUT2D eigenvalue weighted by atomic mass is 16.3. The molecule has 1 aromatic heterocycles. The molecule has 1 aliphatic heterocycles. The number of hydrogen-bond donors (Lipinski definition) is 1. The second-order valence-electron chi connectivity index (χ2n) is 5.00. The summed E-state index contributed by atoms with van der Waals surface area (Å²) in [6, 6.07) is 0.511. The fourth-order valence-corrected chi connectivity index (χ4v) is 2.55. The van der Waals surface area contributed by atoms with Gasteiger partial charge in [-0.3, -0.25) is 4.90 Å². The molecule has 0 bridgehead atoms. The molecule has 0 radical (unpaired) electrons. The maximum Gasteiger partial charge on any atom is 0.211 e. The van der Waals surface area contributed by atoms with Gasteiger partial charge in [0.1, 0.15) is 6.26 Å². The first-order chi connectivity index (χ1) is 8.20. The van der Waals surface area contributed by atoms with Crippen LogP contribution in [0, 0.1) is 0 Å². The van der Waals surface area contributed by atoms with Crippen LogP contribution in [0.5, 0.6) is 0 Å². The van der Waals surface area contributed by atoms with Gasteiger partial charge < -0.3 is 10.2 Å². The van der Waals surface area contributed by atoms with Crippen molar-refractivity contribution < 1.29 is 4.42 Å². The molecule has 1 aliphatic rings. The van der Waals surface area contributed by atoms with Crippen molar-refractivity contribution >= 4 is 0 Å². The summed E-state index contributed by atoms with van der Waals surface area (Å²) in [5, 5.41) is 0. The Kier molecular flexibility index (Phi) is 4.18. The van der Waals surface area contributed by atoms with Crippen LogP contribution in [0.4, 0.5) is 0 Å². The molecule has 2 unspecified atom stereocenters. The van der Waals surface area contributed by atoms with Gasteiger partial charge in [-0.1, -0.05) is 13.3 Å². The monoisotopic (exact) mass is 237 g/mol. The van der Waals surface area contributed by atoms with E-state index in [9.17, 15) is 0 Å². The van der Waals surface area contributed by atoms with Crippen LogP contribution in [0.3, 0.4) is 0 Å². The summed E-state index contributed by atoms with van der Waals surface area (Å²) < 4.78 is 5.63. The normalized spacial score (nSPS) is 23.8. The largest absolute Gasteiger partial charge is 0.447 e. The molecule has 4 heteroatoms. The molecule has 1 fully saturated rings. The number of nitrogens with zero attached hydrogens (tertiary/aromatic N) is 2. The molecule has 2 N–H and O–H groups in total. The zero-order chi connectivity index (χ0) is 12.3. The number of nitrogens with two attached hydrogens (primary N) is 1. The molecule has 2 atom stereocenters. The highest BCUT2D eigenvalue weighted by Crippen LogP contribution is 2.29. The van der Waals surface area contributed by atoms with Gasteiger partial charge in [0.2, 0.25) is 5.89 Å². The molecule has 1 aromatic rings. The molecular formula is C13H23N3O. The summed E-state index contributed by atoms with van der Waals surface area (Å²) >= 11 is 0. The fourth-order valence-electron chi connectivity index (χ4n) is 2.55. The molecule has 17 heavy (non-hydrogen) atoms. The smallest absolute Gasteiger partial charge is 0.211 e. The van der Waals surface area contributed by atoms with Crippen molar-refractivity contribution in [2.45, 2.75) is 51.6 Å². The zero-order valence-electron chi connectivity index (χ0n) is 10.9. The van der Waals surface area contributed by atoms with E-state index in [4.69, 9.17) is 10.2 Å². The van der Waals surface area contributed by atoms with Crippen LogP contribution in [-0.4, -0.2) is 29.0 Å². The predicted molar refractivity (Wildman–Crippen MR) is 67.7 cm³/mol. The van der Waals surface area contributed by atoms with Gasteiger partial charge in [-0.15, -0.1) is 0 Å². The van der Waals surface area contributed by atoms with E-state index in [0.717, 1.165) is 37.5 Å². The molecule has 0 aromatic carbocycles. The Balaban J connectivity index is 2.07. The number of aromatic nitrogens is 1. The van der Waals surface area contributed by atoms with Crippen LogP contribution >= 0.6 is 0 Å². The van der Waals surface area contributed by atoms with E-state index in [0.29, 0.717) is 6.04 Å². The van der Waals surface area contributed by atoms with Crippen LogP contribution in [0.2, 0.25) is 0 Å². The Morgan fingerprint density at radius 1 is 1.59 bits per heavy atom. The minimum atomic E-state index is 0.140. The van der Waals surface area contributed by atoms with E-state index in [1.807, 2.05) is 6.92 Å². The third-order valence-electron chi connectivity index (χ3n) is 3.41. The maximum absolute atomic E-state index is 5.77. The molecule has 4 nitrogen and oxygen atoms in total. The lowest BCUT2D eigenvalue weighted by atomic mass is 10.0. The van der Waals surface area contributed by atoms with Crippen molar-refractivity contribution in [3.63, 3.8) is 0 Å². The molecule has 2 rings (SSSR count). The van der Waals surface area contributed by atoms with Gasteiger partial charge in [-0.25, -0.2) is 4.98 Å². The fraction of sp³-hybridized carbons (Fsp3) is 0.769. The Labute approximate surface area is 103 Å². The number of likely N-dealkylation sites (tertiary alicyclic amines) is 1. The Hall–Kier alpha value is -0.870. The molecule has 96 valence electrons. The quantitative estimate of drug-likeness (QED) is 0.871. The van der Waals surface area contributed by atoms with E-state index in [1.165, 1.54) is 12.8 Å². The number of piperidine rings is 1.